The van der Waals surface area contributed by atoms with Crippen LogP contribution in [0.15, 0.2) is 60.7 Å². The molecule has 2 amide bonds. The molecule has 2 N–H and O–H groups in total. The first-order valence-electron chi connectivity index (χ1n) is 8.04. The van der Waals surface area contributed by atoms with E-state index >= 15 is 0 Å². The monoisotopic (exact) mass is 324 g/mol. The molecule has 1 saturated heterocycles. The van der Waals surface area contributed by atoms with Crippen molar-refractivity contribution in [2.75, 3.05) is 11.9 Å². The first-order valence-corrected chi connectivity index (χ1v) is 8.04. The summed E-state index contributed by atoms with van der Waals surface area (Å²) < 4.78 is 5.25. The van der Waals surface area contributed by atoms with Gasteiger partial charge in [-0.2, -0.15) is 0 Å². The zero-order chi connectivity index (χ0) is 16.8. The molecule has 1 fully saturated rings. The summed E-state index contributed by atoms with van der Waals surface area (Å²) in [6.07, 6.45) is 0.711. The van der Waals surface area contributed by atoms with Crippen molar-refractivity contribution in [3.8, 4) is 0 Å². The van der Waals surface area contributed by atoms with Gasteiger partial charge < -0.3 is 10.1 Å². The molecule has 2 aromatic rings. The molecule has 124 valence electrons. The predicted molar refractivity (Wildman–Crippen MR) is 91.8 cm³/mol. The number of carbonyl (C=O) groups is 2. The molecule has 2 atom stereocenters. The van der Waals surface area contributed by atoms with Crippen molar-refractivity contribution in [2.45, 2.75) is 24.8 Å². The molecule has 24 heavy (non-hydrogen) atoms. The van der Waals surface area contributed by atoms with Gasteiger partial charge in [0.15, 0.2) is 0 Å². The molecular formula is C19H20N2O3. The van der Waals surface area contributed by atoms with E-state index < -0.39 is 6.09 Å². The predicted octanol–water partition coefficient (Wildman–Crippen LogP) is 3.30. The Kier molecular flexibility index (Phi) is 5.11. The van der Waals surface area contributed by atoms with Gasteiger partial charge in [-0.3, -0.25) is 10.1 Å². The summed E-state index contributed by atoms with van der Waals surface area (Å²) in [5.74, 6) is 0.151. The zero-order valence-corrected chi connectivity index (χ0v) is 13.3. The van der Waals surface area contributed by atoms with Crippen LogP contribution in [0.5, 0.6) is 0 Å². The maximum absolute atomic E-state index is 11.9. The van der Waals surface area contributed by atoms with Gasteiger partial charge in [0.1, 0.15) is 6.61 Å². The van der Waals surface area contributed by atoms with E-state index in [1.807, 2.05) is 48.5 Å². The maximum atomic E-state index is 11.9. The van der Waals surface area contributed by atoms with Gasteiger partial charge in [0, 0.05) is 12.1 Å². The minimum atomic E-state index is -0.516. The second-order valence-electron chi connectivity index (χ2n) is 5.90. The van der Waals surface area contributed by atoms with Crippen LogP contribution in [-0.4, -0.2) is 24.6 Å². The second kappa shape index (κ2) is 7.64. The number of rotatable bonds is 4. The Bertz CT molecular complexity index is 688. The largest absolute Gasteiger partial charge is 0.447 e. The minimum absolute atomic E-state index is 0.00725. The Hall–Kier alpha value is -2.82. The molecule has 0 unspecified atom stereocenters. The smallest absolute Gasteiger partial charge is 0.411 e. The summed E-state index contributed by atoms with van der Waals surface area (Å²) in [5, 5.41) is 5.55. The summed E-state index contributed by atoms with van der Waals surface area (Å²) in [4.78, 5) is 23.8. The number of nitrogens with one attached hydrogen (secondary N) is 2. The van der Waals surface area contributed by atoms with Crippen LogP contribution in [0.25, 0.3) is 0 Å². The molecule has 0 aliphatic carbocycles. The van der Waals surface area contributed by atoms with Crippen LogP contribution in [0.2, 0.25) is 0 Å². The Morgan fingerprint density at radius 1 is 1.08 bits per heavy atom. The minimum Gasteiger partial charge on any atom is -0.447 e. The van der Waals surface area contributed by atoms with Crippen LogP contribution in [-0.2, 0) is 9.53 Å². The number of hydrogen-bond donors (Lipinski definition) is 2. The van der Waals surface area contributed by atoms with Crippen LogP contribution >= 0.6 is 0 Å². The Morgan fingerprint density at radius 3 is 2.46 bits per heavy atom. The quantitative estimate of drug-likeness (QED) is 0.907. The first-order chi connectivity index (χ1) is 11.7. The molecule has 5 nitrogen and oxygen atoms in total. The maximum Gasteiger partial charge on any atom is 0.411 e. The van der Waals surface area contributed by atoms with Crippen molar-refractivity contribution in [3.63, 3.8) is 0 Å². The average Bonchev–Trinajstić information content (AvgIpc) is 2.61. The van der Waals surface area contributed by atoms with E-state index in [0.29, 0.717) is 12.1 Å². The summed E-state index contributed by atoms with van der Waals surface area (Å²) in [7, 11) is 0. The average molecular weight is 324 g/mol. The van der Waals surface area contributed by atoms with Gasteiger partial charge in [0.05, 0.1) is 6.04 Å². The Labute approximate surface area is 141 Å². The molecular weight excluding hydrogens is 304 g/mol. The van der Waals surface area contributed by atoms with Crippen molar-refractivity contribution in [1.82, 2.24) is 5.32 Å². The van der Waals surface area contributed by atoms with Gasteiger partial charge in [-0.1, -0.05) is 48.5 Å². The van der Waals surface area contributed by atoms with Gasteiger partial charge in [0.2, 0.25) is 5.91 Å². The lowest BCUT2D eigenvalue weighted by molar-refractivity contribution is -0.124. The van der Waals surface area contributed by atoms with Crippen LogP contribution < -0.4 is 10.6 Å². The van der Waals surface area contributed by atoms with Crippen molar-refractivity contribution in [2.24, 2.45) is 0 Å². The third-order valence-corrected chi connectivity index (χ3v) is 4.07. The van der Waals surface area contributed by atoms with Crippen molar-refractivity contribution in [3.05, 3.63) is 66.2 Å². The van der Waals surface area contributed by atoms with E-state index in [4.69, 9.17) is 4.74 Å². The number of benzene rings is 2. The number of amides is 2. The van der Waals surface area contributed by atoms with Crippen LogP contribution in [0.1, 0.15) is 24.3 Å². The third-order valence-electron chi connectivity index (χ3n) is 4.07. The highest BCUT2D eigenvalue weighted by Gasteiger charge is 2.28. The van der Waals surface area contributed by atoms with Gasteiger partial charge in [-0.15, -0.1) is 0 Å². The SMILES string of the molecule is O=C1C[C@@H](c2ccccc2)C[C@@H](COC(=O)Nc2ccccc2)N1. The lowest BCUT2D eigenvalue weighted by atomic mass is 9.86. The van der Waals surface area contributed by atoms with Crippen molar-refractivity contribution < 1.29 is 14.3 Å². The Morgan fingerprint density at radius 2 is 1.75 bits per heavy atom. The molecule has 1 heterocycles. The van der Waals surface area contributed by atoms with E-state index in [1.165, 1.54) is 0 Å². The molecule has 0 saturated carbocycles. The first kappa shape index (κ1) is 16.1. The molecule has 5 heteroatoms. The van der Waals surface area contributed by atoms with Gasteiger partial charge in [-0.25, -0.2) is 4.79 Å². The van der Waals surface area contributed by atoms with E-state index in [1.54, 1.807) is 12.1 Å². The number of anilines is 1. The van der Waals surface area contributed by atoms with E-state index in [0.717, 1.165) is 12.0 Å². The standard InChI is InChI=1S/C19H20N2O3/c22-18-12-15(14-7-3-1-4-8-14)11-17(20-18)13-24-19(23)21-16-9-5-2-6-10-16/h1-10,15,17H,11-13H2,(H,20,22)(H,21,23)/t15-,17-/m0/s1. The normalized spacial score (nSPS) is 20.1. The summed E-state index contributed by atoms with van der Waals surface area (Å²) in [5.41, 5.74) is 1.82. The number of piperidine rings is 1. The van der Waals surface area contributed by atoms with E-state index in [2.05, 4.69) is 10.6 Å². The third kappa shape index (κ3) is 4.35. The Balaban J connectivity index is 1.53. The highest BCUT2D eigenvalue weighted by Crippen LogP contribution is 2.28. The lowest BCUT2D eigenvalue weighted by Crippen LogP contribution is -2.44. The van der Waals surface area contributed by atoms with Gasteiger partial charge in [-0.05, 0) is 30.0 Å². The number of hydrogen-bond acceptors (Lipinski definition) is 3. The fraction of sp³-hybridized carbons (Fsp3) is 0.263. The molecule has 0 radical (unpaired) electrons. The van der Waals surface area contributed by atoms with Crippen LogP contribution in [0, 0.1) is 0 Å². The highest BCUT2D eigenvalue weighted by molar-refractivity contribution is 5.84. The summed E-state index contributed by atoms with van der Waals surface area (Å²) in [6, 6.07) is 18.9. The topological polar surface area (TPSA) is 67.4 Å². The molecule has 0 aromatic heterocycles. The highest BCUT2D eigenvalue weighted by atomic mass is 16.5. The fourth-order valence-corrected chi connectivity index (χ4v) is 2.94. The number of carbonyl (C=O) groups excluding carboxylic acids is 2. The molecule has 3 rings (SSSR count). The summed E-state index contributed by atoms with van der Waals surface area (Å²) in [6.45, 7) is 0.160. The number of ether oxygens (including phenoxy) is 1. The van der Waals surface area contributed by atoms with E-state index in [9.17, 15) is 9.59 Å². The van der Waals surface area contributed by atoms with Crippen molar-refractivity contribution in [1.29, 1.82) is 0 Å². The molecule has 1 aliphatic rings. The molecule has 1 aliphatic heterocycles. The molecule has 0 spiro atoms. The van der Waals surface area contributed by atoms with E-state index in [-0.39, 0.29) is 24.5 Å². The van der Waals surface area contributed by atoms with Crippen LogP contribution in [0.3, 0.4) is 0 Å². The van der Waals surface area contributed by atoms with Crippen molar-refractivity contribution >= 4 is 17.7 Å². The molecule has 2 aromatic carbocycles. The van der Waals surface area contributed by atoms with Gasteiger partial charge >= 0.3 is 6.09 Å². The molecule has 0 bridgehead atoms. The number of para-hydroxylation sites is 1. The fourth-order valence-electron chi connectivity index (χ4n) is 2.94. The second-order valence-corrected chi connectivity index (χ2v) is 5.90. The van der Waals surface area contributed by atoms with Gasteiger partial charge in [0.25, 0.3) is 0 Å². The summed E-state index contributed by atoms with van der Waals surface area (Å²) >= 11 is 0. The lowest BCUT2D eigenvalue weighted by Gasteiger charge is -2.29. The zero-order valence-electron chi connectivity index (χ0n) is 13.3. The van der Waals surface area contributed by atoms with Crippen LogP contribution in [0.4, 0.5) is 10.5 Å².